The van der Waals surface area contributed by atoms with Crippen LogP contribution in [0.15, 0.2) is 52.7 Å². The summed E-state index contributed by atoms with van der Waals surface area (Å²) in [7, 11) is -1.99. The van der Waals surface area contributed by atoms with E-state index < -0.39 is 10.0 Å². The Morgan fingerprint density at radius 3 is 2.47 bits per heavy atom. The fraction of sp³-hybridized carbons (Fsp3) is 0.250. The van der Waals surface area contributed by atoms with Gasteiger partial charge >= 0.3 is 0 Å². The van der Waals surface area contributed by atoms with Gasteiger partial charge in [-0.1, -0.05) is 35.3 Å². The number of hydrogen-bond acceptors (Lipinski definition) is 6. The molecule has 0 saturated carbocycles. The third-order valence-electron chi connectivity index (χ3n) is 4.91. The number of nitrogens with zero attached hydrogens (tertiary/aromatic N) is 3. The van der Waals surface area contributed by atoms with E-state index in [0.717, 1.165) is 22.1 Å². The summed E-state index contributed by atoms with van der Waals surface area (Å²) >= 11 is 13.4. The zero-order chi connectivity index (χ0) is 21.3. The number of ether oxygens (including phenoxy) is 1. The number of rotatable bonds is 5. The highest BCUT2D eigenvalue weighted by Gasteiger charge is 2.30. The van der Waals surface area contributed by atoms with E-state index in [1.807, 2.05) is 29.6 Å². The summed E-state index contributed by atoms with van der Waals surface area (Å²) in [5.41, 5.74) is 1.78. The molecule has 0 aliphatic carbocycles. The predicted octanol–water partition coefficient (Wildman–Crippen LogP) is 4.64. The van der Waals surface area contributed by atoms with Crippen LogP contribution in [0, 0.1) is 0 Å². The molecule has 1 aliphatic rings. The van der Waals surface area contributed by atoms with Crippen LogP contribution in [0.25, 0.3) is 11.3 Å². The van der Waals surface area contributed by atoms with Crippen molar-refractivity contribution < 1.29 is 13.2 Å². The number of anilines is 1. The summed E-state index contributed by atoms with van der Waals surface area (Å²) in [5, 5.41) is 3.41. The maximum Gasteiger partial charge on any atom is 0.243 e. The normalized spacial score (nSPS) is 15.4. The Balaban J connectivity index is 1.47. The number of halogens is 2. The van der Waals surface area contributed by atoms with Gasteiger partial charge < -0.3 is 9.64 Å². The number of methoxy groups -OCH3 is 1. The second-order valence-corrected chi connectivity index (χ2v) is 10.3. The van der Waals surface area contributed by atoms with Crippen molar-refractivity contribution in [3.63, 3.8) is 0 Å². The predicted molar refractivity (Wildman–Crippen MR) is 122 cm³/mol. The maximum atomic E-state index is 12.9. The van der Waals surface area contributed by atoms with Crippen LogP contribution in [0.2, 0.25) is 10.0 Å². The molecule has 1 saturated heterocycles. The Kier molecular flexibility index (Phi) is 6.22. The zero-order valence-electron chi connectivity index (χ0n) is 16.1. The zero-order valence-corrected chi connectivity index (χ0v) is 19.2. The van der Waals surface area contributed by atoms with Crippen LogP contribution in [0.4, 0.5) is 5.13 Å². The fourth-order valence-electron chi connectivity index (χ4n) is 3.30. The summed E-state index contributed by atoms with van der Waals surface area (Å²) in [6.45, 7) is 1.84. The van der Waals surface area contributed by atoms with E-state index in [0.29, 0.717) is 31.2 Å². The molecule has 4 rings (SSSR count). The van der Waals surface area contributed by atoms with Gasteiger partial charge in [0.05, 0.1) is 27.7 Å². The first kappa shape index (κ1) is 21.4. The highest BCUT2D eigenvalue weighted by molar-refractivity contribution is 7.89. The molecule has 0 bridgehead atoms. The molecule has 10 heteroatoms. The van der Waals surface area contributed by atoms with Gasteiger partial charge in [0.25, 0.3) is 0 Å². The van der Waals surface area contributed by atoms with Gasteiger partial charge in [-0.15, -0.1) is 11.3 Å². The number of hydrogen-bond donors (Lipinski definition) is 0. The summed E-state index contributed by atoms with van der Waals surface area (Å²) in [6, 6.07) is 12.1. The Morgan fingerprint density at radius 1 is 1.03 bits per heavy atom. The van der Waals surface area contributed by atoms with E-state index in [4.69, 9.17) is 32.9 Å². The van der Waals surface area contributed by atoms with Gasteiger partial charge in [0.2, 0.25) is 10.0 Å². The quantitative estimate of drug-likeness (QED) is 0.528. The number of piperazine rings is 1. The minimum atomic E-state index is -3.62. The topological polar surface area (TPSA) is 62.7 Å². The molecular formula is C20H19Cl2N3O3S2. The highest BCUT2D eigenvalue weighted by Crippen LogP contribution is 2.34. The van der Waals surface area contributed by atoms with E-state index in [1.165, 1.54) is 33.8 Å². The van der Waals surface area contributed by atoms with Crippen molar-refractivity contribution in [1.82, 2.24) is 9.29 Å². The van der Waals surface area contributed by atoms with Gasteiger partial charge in [-0.3, -0.25) is 0 Å². The summed E-state index contributed by atoms with van der Waals surface area (Å²) in [6.07, 6.45) is 0. The molecule has 0 spiro atoms. The van der Waals surface area contributed by atoms with Crippen LogP contribution < -0.4 is 9.64 Å². The molecular weight excluding hydrogens is 465 g/mol. The second-order valence-electron chi connectivity index (χ2n) is 6.68. The number of sulfonamides is 1. The lowest BCUT2D eigenvalue weighted by Crippen LogP contribution is -2.48. The van der Waals surface area contributed by atoms with Gasteiger partial charge in [0, 0.05) is 37.1 Å². The van der Waals surface area contributed by atoms with Crippen molar-refractivity contribution in [2.75, 3.05) is 38.2 Å². The lowest BCUT2D eigenvalue weighted by molar-refractivity contribution is 0.385. The van der Waals surface area contributed by atoms with Gasteiger partial charge in [-0.2, -0.15) is 4.31 Å². The molecule has 30 heavy (non-hydrogen) atoms. The van der Waals surface area contributed by atoms with Crippen LogP contribution in [-0.4, -0.2) is 51.0 Å². The minimum absolute atomic E-state index is 0.151. The SMILES string of the molecule is COc1ccccc1-c1csc(N2CCN(S(=O)(=O)c3ccc(Cl)c(Cl)c3)CC2)n1. The second kappa shape index (κ2) is 8.72. The van der Waals surface area contributed by atoms with Crippen LogP contribution in [0.5, 0.6) is 5.75 Å². The fourth-order valence-corrected chi connectivity index (χ4v) is 5.99. The van der Waals surface area contributed by atoms with E-state index >= 15 is 0 Å². The Bertz CT molecular complexity index is 1160. The van der Waals surface area contributed by atoms with Crippen LogP contribution >= 0.6 is 34.5 Å². The third kappa shape index (κ3) is 4.15. The van der Waals surface area contributed by atoms with E-state index in [2.05, 4.69) is 4.90 Å². The first-order valence-corrected chi connectivity index (χ1v) is 12.3. The Labute approximate surface area is 189 Å². The molecule has 0 atom stereocenters. The van der Waals surface area contributed by atoms with Crippen molar-refractivity contribution in [3.05, 3.63) is 57.9 Å². The van der Waals surface area contributed by atoms with Gasteiger partial charge in [0.1, 0.15) is 5.75 Å². The highest BCUT2D eigenvalue weighted by atomic mass is 35.5. The molecule has 158 valence electrons. The van der Waals surface area contributed by atoms with Crippen LogP contribution in [-0.2, 0) is 10.0 Å². The van der Waals surface area contributed by atoms with E-state index in [-0.39, 0.29) is 9.92 Å². The van der Waals surface area contributed by atoms with E-state index in [9.17, 15) is 8.42 Å². The van der Waals surface area contributed by atoms with Crippen LogP contribution in [0.3, 0.4) is 0 Å². The number of aromatic nitrogens is 1. The maximum absolute atomic E-state index is 12.9. The molecule has 0 unspecified atom stereocenters. The third-order valence-corrected chi connectivity index (χ3v) is 8.45. The summed E-state index contributed by atoms with van der Waals surface area (Å²) in [4.78, 5) is 7.00. The Hall–Kier alpha value is -1.84. The van der Waals surface area contributed by atoms with Crippen molar-refractivity contribution >= 4 is 49.7 Å². The average Bonchev–Trinajstić information content (AvgIpc) is 3.25. The molecule has 0 amide bonds. The molecule has 0 radical (unpaired) electrons. The first-order valence-electron chi connectivity index (χ1n) is 9.19. The standard InChI is InChI=1S/C20H19Cl2N3O3S2/c1-28-19-5-3-2-4-15(19)18-13-29-20(23-18)24-8-10-25(11-9-24)30(26,27)14-6-7-16(21)17(22)12-14/h2-7,12-13H,8-11H2,1H3. The van der Waals surface area contributed by atoms with Crippen molar-refractivity contribution in [3.8, 4) is 17.0 Å². The first-order chi connectivity index (χ1) is 14.4. The molecule has 1 fully saturated rings. The molecule has 6 nitrogen and oxygen atoms in total. The number of thiazole rings is 1. The molecule has 3 aromatic rings. The van der Waals surface area contributed by atoms with Gasteiger partial charge in [0.15, 0.2) is 5.13 Å². The van der Waals surface area contributed by atoms with E-state index in [1.54, 1.807) is 7.11 Å². The summed E-state index contributed by atoms with van der Waals surface area (Å²) in [5.74, 6) is 0.770. The van der Waals surface area contributed by atoms with Crippen molar-refractivity contribution in [1.29, 1.82) is 0 Å². The number of para-hydroxylation sites is 1. The average molecular weight is 484 g/mol. The number of benzene rings is 2. The van der Waals surface area contributed by atoms with Crippen molar-refractivity contribution in [2.45, 2.75) is 4.90 Å². The Morgan fingerprint density at radius 2 is 1.77 bits per heavy atom. The van der Waals surface area contributed by atoms with Crippen LogP contribution in [0.1, 0.15) is 0 Å². The lowest BCUT2D eigenvalue weighted by Gasteiger charge is -2.33. The monoisotopic (exact) mass is 483 g/mol. The molecule has 2 aromatic carbocycles. The van der Waals surface area contributed by atoms with Gasteiger partial charge in [-0.25, -0.2) is 13.4 Å². The largest absolute Gasteiger partial charge is 0.496 e. The summed E-state index contributed by atoms with van der Waals surface area (Å²) < 4.78 is 32.8. The van der Waals surface area contributed by atoms with Crippen molar-refractivity contribution in [2.24, 2.45) is 0 Å². The molecule has 1 aromatic heterocycles. The molecule has 2 heterocycles. The van der Waals surface area contributed by atoms with Gasteiger partial charge in [-0.05, 0) is 30.3 Å². The molecule has 0 N–H and O–H groups in total. The minimum Gasteiger partial charge on any atom is -0.496 e. The lowest BCUT2D eigenvalue weighted by atomic mass is 10.1. The molecule has 1 aliphatic heterocycles. The smallest absolute Gasteiger partial charge is 0.243 e.